The molecule has 6 N–H and O–H groups in total. The summed E-state index contributed by atoms with van der Waals surface area (Å²) < 4.78 is 0. The number of rotatable bonds is 0. The zero-order valence-corrected chi connectivity index (χ0v) is 8.95. The van der Waals surface area contributed by atoms with E-state index in [-0.39, 0.29) is 5.96 Å². The number of benzene rings is 1. The molecule has 1 rings (SSSR count). The number of nitrogens with two attached hydrogens (primary N) is 2. The summed E-state index contributed by atoms with van der Waals surface area (Å²) in [5.41, 5.74) is 9.59. The molecule has 0 atom stereocenters. The molecule has 16 heavy (non-hydrogen) atoms. The molecule has 1 aromatic rings. The molecule has 6 heteroatoms. The first-order valence-corrected chi connectivity index (χ1v) is 4.39. The fraction of sp³-hybridized carbons (Fsp3) is 0. The second-order valence-electron chi connectivity index (χ2n) is 2.52. The minimum atomic E-state index is -1.13. The van der Waals surface area contributed by atoms with Gasteiger partial charge in [-0.3, -0.25) is 5.41 Å². The van der Waals surface area contributed by atoms with Gasteiger partial charge in [0.15, 0.2) is 5.96 Å². The maximum Gasteiger partial charge on any atom is 0.382 e. The van der Waals surface area contributed by atoms with E-state index >= 15 is 0 Å². The van der Waals surface area contributed by atoms with Crippen LogP contribution in [0.1, 0.15) is 5.56 Å². The summed E-state index contributed by atoms with van der Waals surface area (Å²) in [5, 5.41) is 14.9. The van der Waals surface area contributed by atoms with E-state index in [0.717, 1.165) is 0 Å². The number of guanidine groups is 1. The van der Waals surface area contributed by atoms with Crippen molar-refractivity contribution in [1.82, 2.24) is 0 Å². The third-order valence-electron chi connectivity index (χ3n) is 1.16. The molecule has 5 nitrogen and oxygen atoms in total. The number of carboxylic acids is 1. The van der Waals surface area contributed by atoms with Crippen LogP contribution in [0.4, 0.5) is 0 Å². The van der Waals surface area contributed by atoms with Crippen LogP contribution in [-0.2, 0) is 4.79 Å². The van der Waals surface area contributed by atoms with Crippen molar-refractivity contribution in [2.45, 2.75) is 0 Å². The molecule has 84 valence electrons. The van der Waals surface area contributed by atoms with Crippen molar-refractivity contribution in [3.63, 3.8) is 0 Å². The van der Waals surface area contributed by atoms with Crippen LogP contribution in [0.2, 0.25) is 5.02 Å². The van der Waals surface area contributed by atoms with Gasteiger partial charge in [-0.25, -0.2) is 4.79 Å². The molecule has 1 aromatic carbocycles. The van der Waals surface area contributed by atoms with Crippen LogP contribution >= 0.6 is 11.6 Å². The second-order valence-corrected chi connectivity index (χ2v) is 2.95. The summed E-state index contributed by atoms with van der Waals surface area (Å²) in [6, 6.07) is 6.65. The lowest BCUT2D eigenvalue weighted by Gasteiger charge is -1.88. The van der Waals surface area contributed by atoms with Crippen LogP contribution in [0.25, 0.3) is 0 Å². The molecule has 0 saturated carbocycles. The summed E-state index contributed by atoms with van der Waals surface area (Å²) in [4.78, 5) is 10.0. The standard InChI is InChI=1S/C9H5ClO2.CH5N3/c10-8-4-1-7(2-5-8)3-6-9(11)12;2-1(3)4/h1-2,4-5H,(H,11,12);(H5,2,3,4). The molecule has 0 unspecified atom stereocenters. The van der Waals surface area contributed by atoms with Crippen molar-refractivity contribution in [3.05, 3.63) is 34.9 Å². The van der Waals surface area contributed by atoms with Crippen LogP contribution < -0.4 is 11.5 Å². The van der Waals surface area contributed by atoms with Gasteiger partial charge in [-0.05, 0) is 24.3 Å². The molecule has 0 saturated heterocycles. The molecule has 0 heterocycles. The third kappa shape index (κ3) is 8.41. The lowest BCUT2D eigenvalue weighted by atomic mass is 10.2. The fourth-order valence-corrected chi connectivity index (χ4v) is 0.785. The van der Waals surface area contributed by atoms with Crippen LogP contribution in [0.15, 0.2) is 24.3 Å². The molecular weight excluding hydrogens is 230 g/mol. The highest BCUT2D eigenvalue weighted by Gasteiger charge is 1.88. The van der Waals surface area contributed by atoms with Crippen molar-refractivity contribution in [1.29, 1.82) is 5.41 Å². The van der Waals surface area contributed by atoms with Crippen molar-refractivity contribution >= 4 is 23.5 Å². The van der Waals surface area contributed by atoms with Gasteiger partial charge in [-0.2, -0.15) is 0 Å². The quantitative estimate of drug-likeness (QED) is 0.302. The lowest BCUT2D eigenvalue weighted by molar-refractivity contribution is -0.130. The zero-order valence-electron chi connectivity index (χ0n) is 8.20. The summed E-state index contributed by atoms with van der Waals surface area (Å²) >= 11 is 5.61. The van der Waals surface area contributed by atoms with Crippen molar-refractivity contribution in [3.8, 4) is 11.8 Å². The SMILES string of the molecule is N=C(N)N.O=C(O)C#Cc1ccc(Cl)cc1. The first-order chi connectivity index (χ1) is 7.41. The van der Waals surface area contributed by atoms with Gasteiger partial charge in [0, 0.05) is 16.5 Å². The maximum atomic E-state index is 10.0. The highest BCUT2D eigenvalue weighted by atomic mass is 35.5. The third-order valence-corrected chi connectivity index (χ3v) is 1.41. The Labute approximate surface area is 97.5 Å². The van der Waals surface area contributed by atoms with Gasteiger partial charge in [0.1, 0.15) is 0 Å². The van der Waals surface area contributed by atoms with Gasteiger partial charge in [0.2, 0.25) is 0 Å². The molecule has 0 aliphatic carbocycles. The fourth-order valence-electron chi connectivity index (χ4n) is 0.659. The first kappa shape index (κ1) is 13.8. The van der Waals surface area contributed by atoms with Gasteiger partial charge in [0.05, 0.1) is 0 Å². The highest BCUT2D eigenvalue weighted by molar-refractivity contribution is 6.30. The Balaban J connectivity index is 0.000000487. The Morgan fingerprint density at radius 1 is 1.31 bits per heavy atom. The minimum absolute atomic E-state index is 0.333. The van der Waals surface area contributed by atoms with Crippen LogP contribution in [0.5, 0.6) is 0 Å². The molecule has 0 aliphatic heterocycles. The molecule has 0 fully saturated rings. The predicted molar refractivity (Wildman–Crippen MR) is 62.1 cm³/mol. The smallest absolute Gasteiger partial charge is 0.382 e. The number of carboxylic acid groups (broad SMARTS) is 1. The van der Waals surface area contributed by atoms with E-state index in [1.807, 2.05) is 5.92 Å². The second kappa shape index (κ2) is 7.15. The Bertz CT molecular complexity index is 428. The normalized spacial score (nSPS) is 7.81. The maximum absolute atomic E-state index is 10.0. The van der Waals surface area contributed by atoms with Crippen LogP contribution in [0, 0.1) is 17.3 Å². The summed E-state index contributed by atoms with van der Waals surface area (Å²) in [6.07, 6.45) is 0. The van der Waals surface area contributed by atoms with Crippen molar-refractivity contribution in [2.24, 2.45) is 11.5 Å². The molecule has 0 amide bonds. The monoisotopic (exact) mass is 239 g/mol. The number of halogens is 1. The van der Waals surface area contributed by atoms with Gasteiger partial charge in [-0.1, -0.05) is 17.5 Å². The number of hydrogen-bond acceptors (Lipinski definition) is 2. The molecule has 0 aliphatic rings. The van der Waals surface area contributed by atoms with Crippen LogP contribution in [0.3, 0.4) is 0 Å². The first-order valence-electron chi connectivity index (χ1n) is 4.02. The number of carbonyl (C=O) groups is 1. The van der Waals surface area contributed by atoms with E-state index in [0.29, 0.717) is 10.6 Å². The van der Waals surface area contributed by atoms with Crippen LogP contribution in [-0.4, -0.2) is 17.0 Å². The van der Waals surface area contributed by atoms with E-state index < -0.39 is 5.97 Å². The summed E-state index contributed by atoms with van der Waals surface area (Å²) in [5.74, 6) is 3.00. The minimum Gasteiger partial charge on any atom is -0.472 e. The lowest BCUT2D eigenvalue weighted by Crippen LogP contribution is -2.20. The Hall–Kier alpha value is -2.19. The van der Waals surface area contributed by atoms with Gasteiger partial charge >= 0.3 is 5.97 Å². The highest BCUT2D eigenvalue weighted by Crippen LogP contribution is 2.07. The summed E-state index contributed by atoms with van der Waals surface area (Å²) in [6.45, 7) is 0. The van der Waals surface area contributed by atoms with E-state index in [9.17, 15) is 4.79 Å². The van der Waals surface area contributed by atoms with E-state index in [4.69, 9.17) is 22.1 Å². The molecule has 0 aromatic heterocycles. The van der Waals surface area contributed by atoms with Gasteiger partial charge in [-0.15, -0.1) is 0 Å². The number of hydrogen-bond donors (Lipinski definition) is 4. The molecule has 0 radical (unpaired) electrons. The van der Waals surface area contributed by atoms with E-state index in [1.165, 1.54) is 0 Å². The Kier molecular flexibility index (Phi) is 6.17. The van der Waals surface area contributed by atoms with Gasteiger partial charge in [0.25, 0.3) is 0 Å². The average molecular weight is 240 g/mol. The van der Waals surface area contributed by atoms with Crippen molar-refractivity contribution < 1.29 is 9.90 Å². The molecule has 0 spiro atoms. The Morgan fingerprint density at radius 2 is 1.75 bits per heavy atom. The average Bonchev–Trinajstić information content (AvgIpc) is 2.16. The number of aliphatic carboxylic acids is 1. The molecular formula is C10H10ClN3O2. The Morgan fingerprint density at radius 3 is 2.12 bits per heavy atom. The number of nitrogens with one attached hydrogen (secondary N) is 1. The van der Waals surface area contributed by atoms with E-state index in [1.54, 1.807) is 24.3 Å². The molecule has 0 bridgehead atoms. The van der Waals surface area contributed by atoms with E-state index in [2.05, 4.69) is 17.4 Å². The predicted octanol–water partition coefficient (Wildman–Crippen LogP) is 0.615. The topological polar surface area (TPSA) is 113 Å². The van der Waals surface area contributed by atoms with Gasteiger partial charge < -0.3 is 16.6 Å². The van der Waals surface area contributed by atoms with Crippen molar-refractivity contribution in [2.75, 3.05) is 0 Å². The summed E-state index contributed by atoms with van der Waals surface area (Å²) in [7, 11) is 0. The largest absolute Gasteiger partial charge is 0.472 e. The zero-order chi connectivity index (χ0) is 12.6.